The maximum Gasteiger partial charge on any atom is 0.297 e. The van der Waals surface area contributed by atoms with E-state index in [2.05, 4.69) is 257 Å². The molecular formula is C63H66BN3O. The van der Waals surface area contributed by atoms with E-state index in [1.807, 2.05) is 0 Å². The standard InChI is InChI=1S/C63H66BN3O/c1-59(2,3)39-23-29-43(30-24-39)65-52-33-27-42(62(10,11)12)36-49(52)64-56-53(65)37-45(66-50-21-17-15-19-47(50)63(13,14)48-20-16-18-22-51(48)66)38-54(56)67(44-31-25-40(26-32-44)60(4,5)6)57-46-35-41(61(7,8)9)28-34-55(46)68-58(57)64/h15-38H,1-14H3. The van der Waals surface area contributed by atoms with Crippen LogP contribution >= 0.6 is 0 Å². The average molecular weight is 892 g/mol. The van der Waals surface area contributed by atoms with Gasteiger partial charge in [0.1, 0.15) is 5.58 Å². The first kappa shape index (κ1) is 44.1. The second kappa shape index (κ2) is 14.8. The van der Waals surface area contributed by atoms with E-state index in [-0.39, 0.29) is 33.8 Å². The predicted octanol–water partition coefficient (Wildman–Crippen LogP) is 15.8. The van der Waals surface area contributed by atoms with Crippen LogP contribution in [0.25, 0.3) is 11.0 Å². The molecule has 0 saturated heterocycles. The normalized spacial score (nSPS) is 15.2. The zero-order chi connectivity index (χ0) is 48.0. The molecule has 0 aliphatic carbocycles. The van der Waals surface area contributed by atoms with Crippen molar-refractivity contribution in [1.29, 1.82) is 0 Å². The number of para-hydroxylation sites is 2. The fourth-order valence-corrected chi connectivity index (χ4v) is 11.2. The van der Waals surface area contributed by atoms with Gasteiger partial charge >= 0.3 is 0 Å². The van der Waals surface area contributed by atoms with Gasteiger partial charge in [-0.25, -0.2) is 0 Å². The molecule has 0 N–H and O–H groups in total. The van der Waals surface area contributed by atoms with Gasteiger partial charge in [-0.3, -0.25) is 0 Å². The van der Waals surface area contributed by atoms with Crippen LogP contribution in [0.4, 0.5) is 51.2 Å². The number of hydrogen-bond donors (Lipinski definition) is 0. The van der Waals surface area contributed by atoms with Crippen LogP contribution in [0.3, 0.4) is 0 Å². The molecule has 0 radical (unpaired) electrons. The molecular weight excluding hydrogens is 826 g/mol. The Hall–Kier alpha value is -6.46. The molecule has 0 spiro atoms. The summed E-state index contributed by atoms with van der Waals surface area (Å²) in [5, 5.41) is 1.13. The minimum Gasteiger partial charge on any atom is -0.468 e. The molecule has 5 heteroatoms. The zero-order valence-corrected chi connectivity index (χ0v) is 42.7. The largest absolute Gasteiger partial charge is 0.468 e. The highest BCUT2D eigenvalue weighted by molar-refractivity contribution is 7.00. The van der Waals surface area contributed by atoms with E-state index in [0.717, 1.165) is 50.8 Å². The van der Waals surface area contributed by atoms with Crippen LogP contribution in [-0.2, 0) is 27.1 Å². The van der Waals surface area contributed by atoms with E-state index in [4.69, 9.17) is 4.42 Å². The Kier molecular flexibility index (Phi) is 9.58. The van der Waals surface area contributed by atoms with Gasteiger partial charge in [0.15, 0.2) is 0 Å². The van der Waals surface area contributed by atoms with Gasteiger partial charge in [0, 0.05) is 39.2 Å². The Morgan fingerprint density at radius 1 is 0.412 bits per heavy atom. The maximum atomic E-state index is 7.41. The fourth-order valence-electron chi connectivity index (χ4n) is 11.2. The summed E-state index contributed by atoms with van der Waals surface area (Å²) in [6, 6.07) is 55.8. The summed E-state index contributed by atoms with van der Waals surface area (Å²) in [7, 11) is 0. The van der Waals surface area contributed by atoms with Crippen LogP contribution in [0.1, 0.15) is 130 Å². The van der Waals surface area contributed by atoms with Crippen molar-refractivity contribution in [2.75, 3.05) is 14.7 Å². The second-order valence-corrected chi connectivity index (χ2v) is 24.4. The Morgan fingerprint density at radius 2 is 0.853 bits per heavy atom. The van der Waals surface area contributed by atoms with Crippen molar-refractivity contribution in [2.45, 2.75) is 124 Å². The Labute approximate surface area is 405 Å². The number of rotatable bonds is 3. The van der Waals surface area contributed by atoms with E-state index in [1.165, 1.54) is 61.4 Å². The molecule has 0 fully saturated rings. The minimum absolute atomic E-state index is 0.0000449. The van der Waals surface area contributed by atoms with Gasteiger partial charge < -0.3 is 19.1 Å². The molecule has 68 heavy (non-hydrogen) atoms. The molecule has 4 nitrogen and oxygen atoms in total. The molecule has 1 aromatic heterocycles. The van der Waals surface area contributed by atoms with Crippen molar-refractivity contribution >= 4 is 85.5 Å². The van der Waals surface area contributed by atoms with Gasteiger partial charge in [0.2, 0.25) is 0 Å². The molecule has 0 saturated carbocycles. The summed E-state index contributed by atoms with van der Waals surface area (Å²) in [5.41, 5.74) is 22.3. The Morgan fingerprint density at radius 3 is 1.38 bits per heavy atom. The monoisotopic (exact) mass is 892 g/mol. The summed E-state index contributed by atoms with van der Waals surface area (Å²) in [4.78, 5) is 7.62. The first-order valence-electron chi connectivity index (χ1n) is 24.7. The van der Waals surface area contributed by atoms with Gasteiger partial charge in [-0.15, -0.1) is 0 Å². The SMILES string of the molecule is CC(C)(C)c1ccc(N2c3ccc(C(C)(C)C)cc3B3c4oc5ccc(C(C)(C)C)cc5c4N(c4ccc(C(C)(C)C)cc4)c4cc(N5c6ccccc6C(C)(C)c6ccccc65)cc2c43)cc1. The molecule has 0 atom stereocenters. The van der Waals surface area contributed by atoms with Gasteiger partial charge in [-0.1, -0.05) is 176 Å². The van der Waals surface area contributed by atoms with E-state index in [9.17, 15) is 0 Å². The van der Waals surface area contributed by atoms with E-state index in [1.54, 1.807) is 0 Å². The van der Waals surface area contributed by atoms with E-state index in [0.29, 0.717) is 0 Å². The third-order valence-electron chi connectivity index (χ3n) is 15.3. The van der Waals surface area contributed by atoms with Gasteiger partial charge in [0.05, 0.1) is 28.4 Å². The molecule has 7 aromatic carbocycles. The van der Waals surface area contributed by atoms with Crippen molar-refractivity contribution in [3.05, 3.63) is 179 Å². The number of fused-ring (bicyclic) bond motifs is 8. The molecule has 0 unspecified atom stereocenters. The lowest BCUT2D eigenvalue weighted by atomic mass is 9.35. The fraction of sp³-hybridized carbons (Fsp3) is 0.302. The van der Waals surface area contributed by atoms with E-state index >= 15 is 0 Å². The predicted molar refractivity (Wildman–Crippen MR) is 292 cm³/mol. The molecule has 3 aliphatic rings. The quantitative estimate of drug-likeness (QED) is 0.165. The van der Waals surface area contributed by atoms with Gasteiger partial charge in [-0.2, -0.15) is 0 Å². The molecule has 342 valence electrons. The van der Waals surface area contributed by atoms with Crippen molar-refractivity contribution in [1.82, 2.24) is 0 Å². The number of hydrogen-bond acceptors (Lipinski definition) is 4. The lowest BCUT2D eigenvalue weighted by Crippen LogP contribution is -2.61. The third kappa shape index (κ3) is 6.78. The second-order valence-electron chi connectivity index (χ2n) is 24.4. The minimum atomic E-state index is -0.196. The number of anilines is 9. The van der Waals surface area contributed by atoms with Crippen LogP contribution in [0.5, 0.6) is 0 Å². The Balaban J connectivity index is 1.30. The zero-order valence-electron chi connectivity index (χ0n) is 42.7. The Bertz CT molecular complexity index is 3260. The summed E-state index contributed by atoms with van der Waals surface area (Å²) in [5.74, 6) is 0. The topological polar surface area (TPSA) is 22.9 Å². The van der Waals surface area contributed by atoms with Crippen molar-refractivity contribution in [3.63, 3.8) is 0 Å². The first-order chi connectivity index (χ1) is 32.0. The molecule has 0 amide bonds. The summed E-state index contributed by atoms with van der Waals surface area (Å²) < 4.78 is 7.41. The first-order valence-corrected chi connectivity index (χ1v) is 24.7. The molecule has 11 rings (SSSR count). The highest BCUT2D eigenvalue weighted by atomic mass is 16.3. The lowest BCUT2D eigenvalue weighted by molar-refractivity contribution is 0.590. The molecule has 0 bridgehead atoms. The number of benzene rings is 7. The summed E-state index contributed by atoms with van der Waals surface area (Å²) >= 11 is 0. The lowest BCUT2D eigenvalue weighted by Gasteiger charge is -2.45. The van der Waals surface area contributed by atoms with Crippen molar-refractivity contribution < 1.29 is 4.42 Å². The van der Waals surface area contributed by atoms with Gasteiger partial charge in [0.25, 0.3) is 6.71 Å². The van der Waals surface area contributed by atoms with Crippen molar-refractivity contribution in [3.8, 4) is 0 Å². The molecule has 8 aromatic rings. The van der Waals surface area contributed by atoms with Gasteiger partial charge in [-0.05, 0) is 133 Å². The molecule has 4 heterocycles. The number of nitrogens with zero attached hydrogens (tertiary/aromatic N) is 3. The molecule has 3 aliphatic heterocycles. The maximum absolute atomic E-state index is 7.41. The average Bonchev–Trinajstić information content (AvgIpc) is 3.66. The smallest absolute Gasteiger partial charge is 0.297 e. The summed E-state index contributed by atoms with van der Waals surface area (Å²) in [6.07, 6.45) is 0. The third-order valence-corrected chi connectivity index (χ3v) is 15.3. The van der Waals surface area contributed by atoms with E-state index < -0.39 is 0 Å². The summed E-state index contributed by atoms with van der Waals surface area (Å²) in [6.45, 7) is 32.2. The van der Waals surface area contributed by atoms with Crippen LogP contribution < -0.4 is 31.3 Å². The number of furan rings is 1. The van der Waals surface area contributed by atoms with Crippen LogP contribution in [0, 0.1) is 0 Å². The van der Waals surface area contributed by atoms with Crippen LogP contribution in [-0.4, -0.2) is 6.71 Å². The highest BCUT2D eigenvalue weighted by Crippen LogP contribution is 2.55. The van der Waals surface area contributed by atoms with Crippen LogP contribution in [0.2, 0.25) is 0 Å². The van der Waals surface area contributed by atoms with Crippen molar-refractivity contribution in [2.24, 2.45) is 0 Å². The van der Waals surface area contributed by atoms with Crippen LogP contribution in [0.15, 0.2) is 150 Å². The highest BCUT2D eigenvalue weighted by Gasteiger charge is 2.48.